The quantitative estimate of drug-likeness (QED) is 0.361. The summed E-state index contributed by atoms with van der Waals surface area (Å²) < 4.78 is 6.78. The van der Waals surface area contributed by atoms with E-state index in [1.54, 1.807) is 59.3 Å². The zero-order valence-electron chi connectivity index (χ0n) is 25.5. The molecule has 5 atom stereocenters. The maximum Gasteiger partial charge on any atom is 0.264 e. The molecular weight excluding hydrogens is 574 g/mol. The van der Waals surface area contributed by atoms with E-state index in [4.69, 9.17) is 4.74 Å². The van der Waals surface area contributed by atoms with Crippen LogP contribution >= 0.6 is 0 Å². The summed E-state index contributed by atoms with van der Waals surface area (Å²) in [4.78, 5) is 55.8. The van der Waals surface area contributed by atoms with Gasteiger partial charge in [0.1, 0.15) is 0 Å². The fraction of sp³-hybridized carbons (Fsp3) is 0.382. The molecule has 0 unspecified atom stereocenters. The Morgan fingerprint density at radius 1 is 1.05 bits per heavy atom. The highest BCUT2D eigenvalue weighted by atomic mass is 28.4. The Hall–Kier alpha value is -3.83. The molecule has 1 fully saturated rings. The van der Waals surface area contributed by atoms with Crippen LogP contribution in [0, 0.1) is 5.92 Å². The molecule has 3 amide bonds. The molecule has 44 heavy (non-hydrogen) atoms. The van der Waals surface area contributed by atoms with Crippen LogP contribution in [0.5, 0.6) is 0 Å². The Morgan fingerprint density at radius 3 is 2.41 bits per heavy atom. The molecule has 0 saturated carbocycles. The lowest BCUT2D eigenvalue weighted by Crippen LogP contribution is -2.48. The second kappa shape index (κ2) is 11.3. The summed E-state index contributed by atoms with van der Waals surface area (Å²) >= 11 is 0. The highest BCUT2D eigenvalue weighted by Crippen LogP contribution is 2.59. The van der Waals surface area contributed by atoms with Gasteiger partial charge in [-0.1, -0.05) is 49.4 Å². The van der Waals surface area contributed by atoms with Crippen molar-refractivity contribution in [2.45, 2.75) is 62.7 Å². The largest absolute Gasteiger partial charge is 0.432 e. The first-order valence-electron chi connectivity index (χ1n) is 15.1. The first-order chi connectivity index (χ1) is 21.0. The molecule has 1 saturated heterocycles. The van der Waals surface area contributed by atoms with Crippen LogP contribution in [0.1, 0.15) is 40.4 Å². The number of carbonyl (C=O) groups excluding carboxylic acids is 3. The van der Waals surface area contributed by atoms with E-state index in [0.29, 0.717) is 35.5 Å². The number of fused-ring (bicyclic) bond motifs is 3. The summed E-state index contributed by atoms with van der Waals surface area (Å²) in [6, 6.07) is 21.8. The number of ether oxygens (including phenoxy) is 1. The van der Waals surface area contributed by atoms with Crippen molar-refractivity contribution in [1.82, 2.24) is 4.90 Å². The van der Waals surface area contributed by atoms with Crippen molar-refractivity contribution in [3.8, 4) is 0 Å². The van der Waals surface area contributed by atoms with Gasteiger partial charge in [-0.3, -0.25) is 14.4 Å². The van der Waals surface area contributed by atoms with Crippen LogP contribution < -0.4 is 10.2 Å². The lowest BCUT2D eigenvalue weighted by molar-refractivity contribution is -0.150. The van der Waals surface area contributed by atoms with Crippen molar-refractivity contribution >= 4 is 37.4 Å². The normalized spacial score (nSPS) is 26.1. The van der Waals surface area contributed by atoms with Gasteiger partial charge in [0.2, 0.25) is 5.91 Å². The number of aliphatic hydroxyl groups is 1. The van der Waals surface area contributed by atoms with Crippen LogP contribution in [0.15, 0.2) is 72.8 Å². The van der Waals surface area contributed by atoms with Crippen LogP contribution in [0.3, 0.4) is 0 Å². The van der Waals surface area contributed by atoms with Crippen molar-refractivity contribution < 1.29 is 29.0 Å². The molecule has 0 aromatic heterocycles. The average molecular weight is 614 g/mol. The summed E-state index contributed by atoms with van der Waals surface area (Å²) in [6.07, 6.45) is -0.183. The first-order valence-corrected chi connectivity index (χ1v) is 18.1. The number of benzene rings is 3. The lowest BCUT2D eigenvalue weighted by Gasteiger charge is -2.37. The van der Waals surface area contributed by atoms with Crippen LogP contribution in [-0.2, 0) is 32.9 Å². The van der Waals surface area contributed by atoms with Gasteiger partial charge in [-0.15, -0.1) is 0 Å². The molecular formula is C34H39N3O6Si. The third-order valence-corrected chi connectivity index (χ3v) is 12.2. The molecule has 9 nitrogen and oxygen atoms in total. The average Bonchev–Trinajstić information content (AvgIpc) is 3.42. The van der Waals surface area contributed by atoms with Gasteiger partial charge >= 0.3 is 0 Å². The van der Waals surface area contributed by atoms with Crippen molar-refractivity contribution in [2.24, 2.45) is 5.92 Å². The summed E-state index contributed by atoms with van der Waals surface area (Å²) in [5, 5.41) is 13.1. The zero-order valence-corrected chi connectivity index (χ0v) is 26.5. The van der Waals surface area contributed by atoms with Crippen LogP contribution in [0.4, 0.5) is 11.4 Å². The number of amides is 3. The summed E-state index contributed by atoms with van der Waals surface area (Å²) in [6.45, 7) is 5.78. The minimum Gasteiger partial charge on any atom is -0.432 e. The Morgan fingerprint density at radius 2 is 1.73 bits per heavy atom. The monoisotopic (exact) mass is 613 g/mol. The summed E-state index contributed by atoms with van der Waals surface area (Å²) in [7, 11) is -1.29. The van der Waals surface area contributed by atoms with Gasteiger partial charge in [0, 0.05) is 41.9 Å². The minimum absolute atomic E-state index is 0.0246. The summed E-state index contributed by atoms with van der Waals surface area (Å²) in [5.74, 6) is -1.16. The van der Waals surface area contributed by atoms with Crippen LogP contribution in [0.25, 0.3) is 0 Å². The molecule has 0 radical (unpaired) electrons. The predicted molar refractivity (Wildman–Crippen MR) is 170 cm³/mol. The number of nitrogens with one attached hydrogen (secondary N) is 1. The Bertz CT molecular complexity index is 1610. The third kappa shape index (κ3) is 4.95. The molecule has 1 spiro atoms. The van der Waals surface area contributed by atoms with E-state index in [2.05, 4.69) is 5.32 Å². The number of hydrogen-bond donors (Lipinski definition) is 3. The zero-order chi connectivity index (χ0) is 31.4. The van der Waals surface area contributed by atoms with Gasteiger partial charge in [0.15, 0.2) is 13.9 Å². The van der Waals surface area contributed by atoms with Gasteiger partial charge in [-0.2, -0.15) is 0 Å². The molecule has 3 aliphatic rings. The van der Waals surface area contributed by atoms with Crippen LogP contribution in [0.2, 0.25) is 18.6 Å². The van der Waals surface area contributed by atoms with Crippen LogP contribution in [-0.4, -0.2) is 66.6 Å². The highest BCUT2D eigenvalue weighted by Gasteiger charge is 2.66. The summed E-state index contributed by atoms with van der Waals surface area (Å²) in [5.41, 5.74) is 2.61. The van der Waals surface area contributed by atoms with Gasteiger partial charge in [0.05, 0.1) is 30.9 Å². The molecule has 0 aliphatic carbocycles. The van der Waals surface area contributed by atoms with Gasteiger partial charge in [0.25, 0.3) is 11.8 Å². The Balaban J connectivity index is 1.33. The Labute approximate surface area is 258 Å². The van der Waals surface area contributed by atoms with Crippen molar-refractivity contribution in [2.75, 3.05) is 23.9 Å². The van der Waals surface area contributed by atoms with E-state index in [-0.39, 0.29) is 36.8 Å². The number of hydrogen-bond acceptors (Lipinski definition) is 6. The minimum atomic E-state index is -2.99. The molecule has 3 N–H and O–H groups in total. The fourth-order valence-electron chi connectivity index (χ4n) is 7.59. The van der Waals surface area contributed by atoms with E-state index in [9.17, 15) is 24.3 Å². The second-order valence-corrected chi connectivity index (χ2v) is 16.8. The van der Waals surface area contributed by atoms with Crippen molar-refractivity contribution in [1.29, 1.82) is 0 Å². The molecule has 3 aromatic rings. The van der Waals surface area contributed by atoms with Crippen molar-refractivity contribution in [3.05, 3.63) is 95.1 Å². The standard InChI is InChI=1S/C34H39N3O6Si/c1-21-31(44(3,4)42)29(18-30(39)37-19-24-13-9-8-12-23(24)16-26(37)20-38)43-34(21)27-17-25(14-15-28(27)36(2)33(34)41)35-32(40)22-10-6-5-7-11-22/h5-15,17,21,26,29,31,38,42H,16,18-20H2,1-4H3,(H,35,40)/t21-,26+,29+,31-,34+/m1/s1. The molecule has 3 aromatic carbocycles. The predicted octanol–water partition coefficient (Wildman–Crippen LogP) is 4.05. The number of likely N-dealkylation sites (N-methyl/N-ethyl adjacent to an activating group) is 1. The SMILES string of the molecule is C[C@@H]1[C@@H]([Si](C)(C)O)[C@H](CC(=O)N2Cc3ccccc3C[C@H]2CO)O[C@@]12C(=O)N(C)c1ccc(NC(=O)c3ccccc3)cc12. The molecule has 10 heteroatoms. The van der Waals surface area contributed by atoms with E-state index < -0.39 is 31.5 Å². The molecule has 3 heterocycles. The molecule has 3 aliphatic heterocycles. The lowest BCUT2D eigenvalue weighted by atomic mass is 9.82. The van der Waals surface area contributed by atoms with E-state index in [1.165, 1.54) is 0 Å². The van der Waals surface area contributed by atoms with E-state index in [0.717, 1.165) is 11.1 Å². The Kier molecular flexibility index (Phi) is 7.73. The molecule has 230 valence electrons. The van der Waals surface area contributed by atoms with Gasteiger partial charge in [-0.25, -0.2) is 0 Å². The van der Waals surface area contributed by atoms with Gasteiger partial charge in [-0.05, 0) is 61.0 Å². The molecule has 0 bridgehead atoms. The molecule has 6 rings (SSSR count). The fourth-order valence-corrected chi connectivity index (χ4v) is 10.1. The topological polar surface area (TPSA) is 119 Å². The third-order valence-electron chi connectivity index (χ3n) is 9.67. The number of aliphatic hydroxyl groups excluding tert-OH is 1. The number of nitrogens with zero attached hydrogens (tertiary/aromatic N) is 2. The second-order valence-electron chi connectivity index (χ2n) is 12.8. The highest BCUT2D eigenvalue weighted by molar-refractivity contribution is 6.71. The number of anilines is 2. The number of carbonyl (C=O) groups is 3. The maximum absolute atomic E-state index is 14.1. The smallest absolute Gasteiger partial charge is 0.264 e. The van der Waals surface area contributed by atoms with Gasteiger partial charge < -0.3 is 29.8 Å². The van der Waals surface area contributed by atoms with E-state index in [1.807, 2.05) is 50.3 Å². The van der Waals surface area contributed by atoms with Crippen molar-refractivity contribution in [3.63, 3.8) is 0 Å². The van der Waals surface area contributed by atoms with E-state index >= 15 is 0 Å². The number of rotatable bonds is 6. The maximum atomic E-state index is 14.1. The first kappa shape index (κ1) is 30.2.